The number of carbonyl (C=O) groups excluding carboxylic acids is 3. The van der Waals surface area contributed by atoms with Crippen LogP contribution < -0.4 is 0 Å². The molecule has 3 N–H and O–H groups in total. The number of rotatable bonds is 56. The van der Waals surface area contributed by atoms with E-state index < -0.39 is 67.3 Å². The fourth-order valence-electron chi connectivity index (χ4n) is 9.95. The fourth-order valence-corrected chi connectivity index (χ4v) is 9.95. The van der Waals surface area contributed by atoms with Gasteiger partial charge in [-0.25, -0.2) is 4.79 Å². The predicted molar refractivity (Wildman–Crippen MR) is 322 cm³/mol. The van der Waals surface area contributed by atoms with Gasteiger partial charge in [-0.2, -0.15) is 0 Å². The largest absolute Gasteiger partial charge is 0.479 e. The number of carbonyl (C=O) groups is 4. The van der Waals surface area contributed by atoms with E-state index in [1.54, 1.807) is 0 Å². The van der Waals surface area contributed by atoms with E-state index in [2.05, 4.69) is 69.4 Å². The predicted octanol–water partition coefficient (Wildman–Crippen LogP) is 17.3. The SMILES string of the molecule is CC/C=C\C/C=C\C/C=C\C/C=C\CCCCC(=O)OC1C(OCC(COC(=O)CCCCCCCCCCCCCCCCCCCCC)OC(=O)CCCCCCCCCCCCCCCCC)OC(C(=O)O)C(O)C1O. The molecule has 1 aliphatic heterocycles. The third-order valence-electron chi connectivity index (χ3n) is 14.9. The molecule has 458 valence electrons. The van der Waals surface area contributed by atoms with Gasteiger partial charge >= 0.3 is 23.9 Å². The highest BCUT2D eigenvalue weighted by molar-refractivity contribution is 5.74. The summed E-state index contributed by atoms with van der Waals surface area (Å²) >= 11 is 0. The van der Waals surface area contributed by atoms with Crippen LogP contribution in [0.1, 0.15) is 303 Å². The van der Waals surface area contributed by atoms with Crippen molar-refractivity contribution < 1.29 is 58.2 Å². The highest BCUT2D eigenvalue weighted by Gasteiger charge is 2.50. The topological polar surface area (TPSA) is 175 Å². The molecule has 1 aliphatic rings. The van der Waals surface area contributed by atoms with Gasteiger partial charge < -0.3 is 39.0 Å². The van der Waals surface area contributed by atoms with Crippen LogP contribution in [0.3, 0.4) is 0 Å². The van der Waals surface area contributed by atoms with Crippen LogP contribution in [0.15, 0.2) is 48.6 Å². The van der Waals surface area contributed by atoms with Crippen LogP contribution in [0, 0.1) is 0 Å². The fraction of sp³-hybridized carbons (Fsp3) is 0.821. The third kappa shape index (κ3) is 45.0. The number of aliphatic carboxylic acids is 1. The van der Waals surface area contributed by atoms with Crippen molar-refractivity contribution >= 4 is 23.9 Å². The Bertz CT molecular complexity index is 1560. The molecule has 0 aromatic heterocycles. The normalized spacial score (nSPS) is 18.1. The highest BCUT2D eigenvalue weighted by atomic mass is 16.7. The summed E-state index contributed by atoms with van der Waals surface area (Å²) in [5.41, 5.74) is 0. The van der Waals surface area contributed by atoms with E-state index >= 15 is 0 Å². The lowest BCUT2D eigenvalue weighted by atomic mass is 9.98. The summed E-state index contributed by atoms with van der Waals surface area (Å²) in [6.45, 7) is 5.91. The number of carboxylic acid groups (broad SMARTS) is 1. The number of allylic oxidation sites excluding steroid dienone is 8. The van der Waals surface area contributed by atoms with Gasteiger partial charge in [0, 0.05) is 19.3 Å². The molecule has 6 atom stereocenters. The van der Waals surface area contributed by atoms with Crippen LogP contribution in [-0.4, -0.2) is 89.2 Å². The number of hydrogen-bond donors (Lipinski definition) is 3. The van der Waals surface area contributed by atoms with Gasteiger partial charge in [0.15, 0.2) is 24.6 Å². The van der Waals surface area contributed by atoms with Crippen molar-refractivity contribution in [2.75, 3.05) is 13.2 Å². The first-order valence-electron chi connectivity index (χ1n) is 32.6. The van der Waals surface area contributed by atoms with E-state index in [-0.39, 0.29) is 25.9 Å². The first kappa shape index (κ1) is 73.7. The minimum absolute atomic E-state index is 0.0108. The Morgan fingerprint density at radius 3 is 1.22 bits per heavy atom. The number of carboxylic acids is 1. The molecular formula is C67H118O12. The van der Waals surface area contributed by atoms with Gasteiger partial charge in [-0.05, 0) is 57.8 Å². The number of aliphatic hydroxyl groups excluding tert-OH is 2. The van der Waals surface area contributed by atoms with Gasteiger partial charge in [0.2, 0.25) is 0 Å². The third-order valence-corrected chi connectivity index (χ3v) is 14.9. The number of esters is 3. The van der Waals surface area contributed by atoms with Crippen LogP contribution in [0.4, 0.5) is 0 Å². The van der Waals surface area contributed by atoms with Gasteiger partial charge in [0.05, 0.1) is 6.61 Å². The second-order valence-corrected chi connectivity index (χ2v) is 22.4. The molecule has 12 nitrogen and oxygen atoms in total. The van der Waals surface area contributed by atoms with Crippen molar-refractivity contribution in [3.05, 3.63) is 48.6 Å². The van der Waals surface area contributed by atoms with E-state index in [4.69, 9.17) is 23.7 Å². The number of unbranched alkanes of at least 4 members (excludes halogenated alkanes) is 34. The zero-order valence-corrected chi connectivity index (χ0v) is 50.6. The van der Waals surface area contributed by atoms with Crippen LogP contribution in [0.2, 0.25) is 0 Å². The molecule has 0 aliphatic carbocycles. The lowest BCUT2D eigenvalue weighted by molar-refractivity contribution is -0.301. The molecule has 79 heavy (non-hydrogen) atoms. The van der Waals surface area contributed by atoms with Crippen molar-refractivity contribution in [2.24, 2.45) is 0 Å². The first-order valence-corrected chi connectivity index (χ1v) is 32.6. The Labute approximate surface area is 482 Å². The monoisotopic (exact) mass is 1110 g/mol. The molecule has 1 heterocycles. The maximum absolute atomic E-state index is 13.2. The van der Waals surface area contributed by atoms with Crippen LogP contribution in [0.5, 0.6) is 0 Å². The quantitative estimate of drug-likeness (QED) is 0.0228. The highest BCUT2D eigenvalue weighted by Crippen LogP contribution is 2.27. The number of ether oxygens (including phenoxy) is 5. The van der Waals surface area contributed by atoms with E-state index in [1.807, 2.05) is 0 Å². The van der Waals surface area contributed by atoms with Crippen molar-refractivity contribution in [1.29, 1.82) is 0 Å². The Morgan fingerprint density at radius 1 is 0.430 bits per heavy atom. The maximum atomic E-state index is 13.2. The molecule has 0 amide bonds. The maximum Gasteiger partial charge on any atom is 0.335 e. The molecule has 0 saturated carbocycles. The standard InChI is InChI=1S/C67H118O12/c1-4-7-10-13-16-19-22-25-28-29-30-31-34-35-38-41-44-47-50-53-59(68)75-56-58(77-60(69)54-51-48-45-42-39-36-32-26-23-20-17-14-11-8-5-2)57-76-67-65(63(72)62(71)64(79-67)66(73)74)78-61(70)55-52-49-46-43-40-37-33-27-24-21-18-15-12-9-6-3/h9,12,18,21,27,33,40,43,58,62-65,67,71-72H,4-8,10-11,13-17,19-20,22-26,28-32,34-39,41-42,44-57H2,1-3H3,(H,73,74)/b12-9-,21-18-,33-27-,43-40-. The molecule has 1 saturated heterocycles. The first-order chi connectivity index (χ1) is 38.6. The summed E-state index contributed by atoms with van der Waals surface area (Å²) in [6, 6.07) is 0. The lowest BCUT2D eigenvalue weighted by Gasteiger charge is -2.40. The second-order valence-electron chi connectivity index (χ2n) is 22.4. The van der Waals surface area contributed by atoms with Crippen LogP contribution in [0.25, 0.3) is 0 Å². The van der Waals surface area contributed by atoms with Crippen molar-refractivity contribution in [2.45, 2.75) is 340 Å². The summed E-state index contributed by atoms with van der Waals surface area (Å²) in [5, 5.41) is 31.5. The summed E-state index contributed by atoms with van der Waals surface area (Å²) in [5.74, 6) is -3.14. The van der Waals surface area contributed by atoms with E-state index in [1.165, 1.54) is 167 Å². The average molecular weight is 1120 g/mol. The molecule has 12 heteroatoms. The molecule has 0 aromatic carbocycles. The molecule has 1 fully saturated rings. The zero-order chi connectivity index (χ0) is 57.5. The van der Waals surface area contributed by atoms with Crippen LogP contribution in [-0.2, 0) is 42.9 Å². The zero-order valence-electron chi connectivity index (χ0n) is 50.6. The van der Waals surface area contributed by atoms with Gasteiger partial charge in [0.1, 0.15) is 18.8 Å². The molecule has 0 aromatic rings. The Kier molecular flexibility index (Phi) is 51.5. The smallest absolute Gasteiger partial charge is 0.335 e. The van der Waals surface area contributed by atoms with Gasteiger partial charge in [-0.3, -0.25) is 14.4 Å². The summed E-state index contributed by atoms with van der Waals surface area (Å²) in [7, 11) is 0. The van der Waals surface area contributed by atoms with Gasteiger partial charge in [-0.15, -0.1) is 0 Å². The van der Waals surface area contributed by atoms with Crippen molar-refractivity contribution in [3.63, 3.8) is 0 Å². The Morgan fingerprint density at radius 2 is 0.797 bits per heavy atom. The number of aliphatic hydroxyl groups is 2. The Hall–Kier alpha value is -3.32. The summed E-state index contributed by atoms with van der Waals surface area (Å²) < 4.78 is 28.5. The van der Waals surface area contributed by atoms with Crippen molar-refractivity contribution in [3.8, 4) is 0 Å². The minimum Gasteiger partial charge on any atom is -0.479 e. The molecule has 0 radical (unpaired) electrons. The van der Waals surface area contributed by atoms with E-state index in [0.29, 0.717) is 25.7 Å². The van der Waals surface area contributed by atoms with E-state index in [9.17, 15) is 34.5 Å². The van der Waals surface area contributed by atoms with Gasteiger partial charge in [0.25, 0.3) is 0 Å². The van der Waals surface area contributed by atoms with Gasteiger partial charge in [-0.1, -0.05) is 275 Å². The molecule has 0 spiro atoms. The number of hydrogen-bond acceptors (Lipinski definition) is 11. The summed E-state index contributed by atoms with van der Waals surface area (Å²) in [4.78, 5) is 51.3. The Balaban J connectivity index is 2.65. The summed E-state index contributed by atoms with van der Waals surface area (Å²) in [6.07, 6.45) is 55.1. The van der Waals surface area contributed by atoms with Crippen LogP contribution >= 0.6 is 0 Å². The molecule has 1 rings (SSSR count). The molecule has 6 unspecified atom stereocenters. The second kappa shape index (κ2) is 55.2. The van der Waals surface area contributed by atoms with E-state index in [0.717, 1.165) is 70.6 Å². The lowest BCUT2D eigenvalue weighted by Crippen LogP contribution is -2.61. The van der Waals surface area contributed by atoms with Crippen molar-refractivity contribution in [1.82, 2.24) is 0 Å². The average Bonchev–Trinajstić information content (AvgIpc) is 3.44. The molecular weight excluding hydrogens is 997 g/mol. The minimum atomic E-state index is -1.91. The molecule has 0 bridgehead atoms.